The number of sulfonamides is 1. The summed E-state index contributed by atoms with van der Waals surface area (Å²) >= 11 is 0. The molecule has 0 aliphatic heterocycles. The maximum atomic E-state index is 12.7. The number of H-pyrrole nitrogens is 1. The molecule has 2 N–H and O–H groups in total. The van der Waals surface area contributed by atoms with E-state index in [1.54, 1.807) is 24.3 Å². The first-order valence-corrected chi connectivity index (χ1v) is 10.6. The van der Waals surface area contributed by atoms with Gasteiger partial charge in [0.05, 0.1) is 17.2 Å². The third kappa shape index (κ3) is 4.57. The van der Waals surface area contributed by atoms with Crippen molar-refractivity contribution < 1.29 is 13.2 Å². The van der Waals surface area contributed by atoms with Gasteiger partial charge in [0.1, 0.15) is 5.75 Å². The number of ether oxygens (including phenoxy) is 1. The number of hydrogen-bond acceptors (Lipinski definition) is 5. The van der Waals surface area contributed by atoms with E-state index < -0.39 is 21.3 Å². The van der Waals surface area contributed by atoms with Crippen molar-refractivity contribution in [3.63, 3.8) is 0 Å². The average Bonchev–Trinajstić information content (AvgIpc) is 3.52. The summed E-state index contributed by atoms with van der Waals surface area (Å²) in [4.78, 5) is 25.3. The van der Waals surface area contributed by atoms with Crippen LogP contribution in [0.1, 0.15) is 12.8 Å². The lowest BCUT2D eigenvalue weighted by Gasteiger charge is -2.11. The second-order valence-corrected chi connectivity index (χ2v) is 8.54. The minimum atomic E-state index is -3.80. The Morgan fingerprint density at radius 2 is 1.83 bits per heavy atom. The fourth-order valence-corrected chi connectivity index (χ4v) is 3.85. The summed E-state index contributed by atoms with van der Waals surface area (Å²) in [7, 11) is -3.80. The van der Waals surface area contributed by atoms with Gasteiger partial charge in [0, 0.05) is 24.0 Å². The molecule has 150 valence electrons. The van der Waals surface area contributed by atoms with Crippen LogP contribution in [0, 0.1) is 5.92 Å². The summed E-state index contributed by atoms with van der Waals surface area (Å²) in [5.74, 6) is 1.09. The summed E-state index contributed by atoms with van der Waals surface area (Å²) in [6.07, 6.45) is 3.66. The van der Waals surface area contributed by atoms with Crippen LogP contribution < -0.4 is 20.7 Å². The molecule has 2 aromatic carbocycles. The number of nitrogens with one attached hydrogen (secondary N) is 2. The molecule has 0 atom stereocenters. The number of aromatic nitrogens is 2. The molecule has 3 aromatic rings. The normalized spacial score (nSPS) is 13.8. The van der Waals surface area contributed by atoms with Gasteiger partial charge in [-0.05, 0) is 55.2 Å². The fraction of sp³-hybridized carbons (Fsp3) is 0.200. The molecule has 1 heterocycles. The summed E-state index contributed by atoms with van der Waals surface area (Å²) < 4.78 is 34.8. The SMILES string of the molecule is O=c1ccn(-c2ccc(NS(=O)(=O)c3cccc(OCC4CC4)c3)cc2)c(=O)[nH]1. The number of benzene rings is 2. The van der Waals surface area contributed by atoms with Gasteiger partial charge >= 0.3 is 5.69 Å². The Morgan fingerprint density at radius 1 is 1.07 bits per heavy atom. The van der Waals surface area contributed by atoms with Gasteiger partial charge in [0.15, 0.2) is 0 Å². The minimum Gasteiger partial charge on any atom is -0.493 e. The van der Waals surface area contributed by atoms with Gasteiger partial charge in [-0.3, -0.25) is 19.1 Å². The third-order valence-electron chi connectivity index (χ3n) is 4.52. The third-order valence-corrected chi connectivity index (χ3v) is 5.90. The van der Waals surface area contributed by atoms with E-state index in [2.05, 4.69) is 9.71 Å². The highest BCUT2D eigenvalue weighted by Gasteiger charge is 2.22. The highest BCUT2D eigenvalue weighted by atomic mass is 32.2. The van der Waals surface area contributed by atoms with Gasteiger partial charge < -0.3 is 4.74 Å². The fourth-order valence-electron chi connectivity index (χ4n) is 2.75. The second kappa shape index (κ2) is 7.59. The Balaban J connectivity index is 1.51. The van der Waals surface area contributed by atoms with Crippen molar-refractivity contribution in [1.29, 1.82) is 0 Å². The first-order chi connectivity index (χ1) is 13.9. The zero-order chi connectivity index (χ0) is 20.4. The number of rotatable bonds is 7. The summed E-state index contributed by atoms with van der Waals surface area (Å²) in [6, 6.07) is 13.8. The number of anilines is 1. The predicted molar refractivity (Wildman–Crippen MR) is 108 cm³/mol. The molecule has 0 saturated heterocycles. The van der Waals surface area contributed by atoms with Crippen molar-refractivity contribution >= 4 is 15.7 Å². The Labute approximate surface area is 166 Å². The molecule has 29 heavy (non-hydrogen) atoms. The number of hydrogen-bond donors (Lipinski definition) is 2. The number of aromatic amines is 1. The van der Waals surface area contributed by atoms with Crippen molar-refractivity contribution in [3.05, 3.63) is 81.6 Å². The molecule has 0 spiro atoms. The Hall–Kier alpha value is -3.33. The molecule has 1 saturated carbocycles. The van der Waals surface area contributed by atoms with Crippen molar-refractivity contribution in [2.24, 2.45) is 5.92 Å². The number of nitrogens with zero attached hydrogens (tertiary/aromatic N) is 1. The van der Waals surface area contributed by atoms with Crippen LogP contribution in [0.25, 0.3) is 5.69 Å². The van der Waals surface area contributed by atoms with E-state index in [-0.39, 0.29) is 4.90 Å². The van der Waals surface area contributed by atoms with E-state index in [1.807, 2.05) is 0 Å². The summed E-state index contributed by atoms with van der Waals surface area (Å²) in [5.41, 5.74) is -0.229. The van der Waals surface area contributed by atoms with Crippen LogP contribution >= 0.6 is 0 Å². The van der Waals surface area contributed by atoms with E-state index in [0.717, 1.165) is 12.8 Å². The van der Waals surface area contributed by atoms with Gasteiger partial charge in [-0.25, -0.2) is 13.2 Å². The van der Waals surface area contributed by atoms with Crippen LogP contribution in [0.4, 0.5) is 5.69 Å². The second-order valence-electron chi connectivity index (χ2n) is 6.86. The molecule has 0 bridgehead atoms. The van der Waals surface area contributed by atoms with Gasteiger partial charge in [-0.15, -0.1) is 0 Å². The van der Waals surface area contributed by atoms with Crippen molar-refractivity contribution in [2.75, 3.05) is 11.3 Å². The van der Waals surface area contributed by atoms with Crippen molar-refractivity contribution in [1.82, 2.24) is 9.55 Å². The molecule has 0 unspecified atom stereocenters. The molecule has 9 heteroatoms. The molecular formula is C20H19N3O5S. The van der Waals surface area contributed by atoms with Crippen LogP contribution in [0.15, 0.2) is 75.3 Å². The monoisotopic (exact) mass is 413 g/mol. The van der Waals surface area contributed by atoms with E-state index in [9.17, 15) is 18.0 Å². The topological polar surface area (TPSA) is 110 Å². The highest BCUT2D eigenvalue weighted by molar-refractivity contribution is 7.92. The largest absolute Gasteiger partial charge is 0.493 e. The molecule has 4 rings (SSSR count). The lowest BCUT2D eigenvalue weighted by molar-refractivity contribution is 0.299. The van der Waals surface area contributed by atoms with E-state index in [1.165, 1.54) is 41.1 Å². The molecule has 0 radical (unpaired) electrons. The van der Waals surface area contributed by atoms with Gasteiger partial charge in [-0.1, -0.05) is 6.07 Å². The van der Waals surface area contributed by atoms with E-state index in [4.69, 9.17) is 4.74 Å². The lowest BCUT2D eigenvalue weighted by Crippen LogP contribution is -2.27. The maximum Gasteiger partial charge on any atom is 0.332 e. The van der Waals surface area contributed by atoms with Gasteiger partial charge in [0.2, 0.25) is 0 Å². The van der Waals surface area contributed by atoms with Crippen LogP contribution in [0.5, 0.6) is 5.75 Å². The van der Waals surface area contributed by atoms with Crippen LogP contribution in [0.3, 0.4) is 0 Å². The summed E-state index contributed by atoms with van der Waals surface area (Å²) in [5, 5.41) is 0. The Morgan fingerprint density at radius 3 is 2.52 bits per heavy atom. The smallest absolute Gasteiger partial charge is 0.332 e. The molecule has 1 aromatic heterocycles. The van der Waals surface area contributed by atoms with Gasteiger partial charge in [0.25, 0.3) is 15.6 Å². The standard InChI is InChI=1S/C20H19N3O5S/c24-19-10-11-23(20(25)21-19)16-8-6-15(7-9-16)22-29(26,27)18-3-1-2-17(12-18)28-13-14-4-5-14/h1-3,6-12,14,22H,4-5,13H2,(H,21,24,25). The predicted octanol–water partition coefficient (Wildman–Crippen LogP) is 2.12. The van der Waals surface area contributed by atoms with Gasteiger partial charge in [-0.2, -0.15) is 0 Å². The molecule has 1 fully saturated rings. The lowest BCUT2D eigenvalue weighted by atomic mass is 10.3. The Kier molecular flexibility index (Phi) is 4.98. The zero-order valence-corrected chi connectivity index (χ0v) is 16.2. The molecule has 1 aliphatic carbocycles. The quantitative estimate of drug-likeness (QED) is 0.616. The molecule has 1 aliphatic rings. The molecule has 8 nitrogen and oxygen atoms in total. The van der Waals surface area contributed by atoms with Crippen LogP contribution in [-0.4, -0.2) is 24.6 Å². The van der Waals surface area contributed by atoms with Crippen LogP contribution in [-0.2, 0) is 10.0 Å². The first kappa shape index (κ1) is 19.0. The van der Waals surface area contributed by atoms with Crippen molar-refractivity contribution in [2.45, 2.75) is 17.7 Å². The maximum absolute atomic E-state index is 12.7. The summed E-state index contributed by atoms with van der Waals surface area (Å²) in [6.45, 7) is 0.600. The first-order valence-electron chi connectivity index (χ1n) is 9.09. The van der Waals surface area contributed by atoms with E-state index in [0.29, 0.717) is 29.6 Å². The Bertz CT molecular complexity index is 1240. The molecule has 0 amide bonds. The van der Waals surface area contributed by atoms with E-state index >= 15 is 0 Å². The zero-order valence-electron chi connectivity index (χ0n) is 15.4. The van der Waals surface area contributed by atoms with Crippen molar-refractivity contribution in [3.8, 4) is 11.4 Å². The highest BCUT2D eigenvalue weighted by Crippen LogP contribution is 2.30. The molecular weight excluding hydrogens is 394 g/mol. The average molecular weight is 413 g/mol. The van der Waals surface area contributed by atoms with Crippen LogP contribution in [0.2, 0.25) is 0 Å². The minimum absolute atomic E-state index is 0.103.